The normalized spacial score (nSPS) is 11.7. The lowest BCUT2D eigenvalue weighted by Crippen LogP contribution is -1.90. The van der Waals surface area contributed by atoms with E-state index >= 15 is 0 Å². The molecule has 0 aliphatic rings. The first-order valence-corrected chi connectivity index (χ1v) is 17.0. The highest BCUT2D eigenvalue weighted by Gasteiger charge is 2.09. The maximum absolute atomic E-state index is 5.86. The maximum atomic E-state index is 5.86. The molecule has 0 radical (unpaired) electrons. The van der Waals surface area contributed by atoms with E-state index in [0.29, 0.717) is 0 Å². The molecule has 0 aliphatic heterocycles. The van der Waals surface area contributed by atoms with Crippen LogP contribution >= 0.6 is 0 Å². The number of nitrogen functional groups attached to an aromatic ring is 1. The molecule has 0 saturated carbocycles. The number of benzene rings is 7. The number of rotatable bonds is 9. The van der Waals surface area contributed by atoms with Gasteiger partial charge in [-0.3, -0.25) is 0 Å². The molecule has 0 aromatic heterocycles. The highest BCUT2D eigenvalue weighted by atomic mass is 14.5. The van der Waals surface area contributed by atoms with Gasteiger partial charge in [-0.15, -0.1) is 0 Å². The molecule has 50 heavy (non-hydrogen) atoms. The lowest BCUT2D eigenvalue weighted by Gasteiger charge is -2.12. The first-order valence-electron chi connectivity index (χ1n) is 17.0. The van der Waals surface area contributed by atoms with Gasteiger partial charge in [-0.2, -0.15) is 0 Å². The molecule has 240 valence electrons. The van der Waals surface area contributed by atoms with Crippen LogP contribution in [0.15, 0.2) is 201 Å². The second kappa shape index (κ2) is 14.8. The van der Waals surface area contributed by atoms with Crippen LogP contribution in [0.1, 0.15) is 23.6 Å². The summed E-state index contributed by atoms with van der Waals surface area (Å²) in [4.78, 5) is 0. The molecule has 0 spiro atoms. The third-order valence-electron chi connectivity index (χ3n) is 9.19. The van der Waals surface area contributed by atoms with Crippen LogP contribution < -0.4 is 5.73 Å². The summed E-state index contributed by atoms with van der Waals surface area (Å²) in [6.07, 6.45) is 4.48. The Kier molecular flexibility index (Phi) is 9.49. The highest BCUT2D eigenvalue weighted by molar-refractivity contribution is 5.94. The minimum atomic E-state index is 0.778. The van der Waals surface area contributed by atoms with Gasteiger partial charge in [-0.1, -0.05) is 183 Å². The summed E-state index contributed by atoms with van der Waals surface area (Å²) in [6.45, 7) is 6.72. The summed E-state index contributed by atoms with van der Waals surface area (Å²) in [6, 6.07) is 63.9. The Hall–Kier alpha value is -6.44. The molecule has 0 amide bonds. The van der Waals surface area contributed by atoms with E-state index in [1.807, 2.05) is 12.1 Å². The minimum Gasteiger partial charge on any atom is -0.399 e. The van der Waals surface area contributed by atoms with Gasteiger partial charge in [0.15, 0.2) is 0 Å². The van der Waals surface area contributed by atoms with Crippen molar-refractivity contribution in [2.75, 3.05) is 5.73 Å². The molecule has 0 unspecified atom stereocenters. The Balaban J connectivity index is 1.11. The summed E-state index contributed by atoms with van der Waals surface area (Å²) in [5.74, 6) is 0. The van der Waals surface area contributed by atoms with Crippen molar-refractivity contribution in [3.63, 3.8) is 0 Å². The fourth-order valence-corrected chi connectivity index (χ4v) is 6.36. The van der Waals surface area contributed by atoms with E-state index in [9.17, 15) is 0 Å². The highest BCUT2D eigenvalue weighted by Crippen LogP contribution is 2.33. The van der Waals surface area contributed by atoms with Gasteiger partial charge in [-0.25, -0.2) is 0 Å². The summed E-state index contributed by atoms with van der Waals surface area (Å²) in [5.41, 5.74) is 22.9. The second-order valence-corrected chi connectivity index (χ2v) is 12.6. The summed E-state index contributed by atoms with van der Waals surface area (Å²) >= 11 is 0. The SMILES string of the molecule is C=C(/C=C(\C=C(/C)c1ccc(-c2ccc(-c3ccc(-c4ccc(N)cc4)cc3)cc2)cc1)c1ccccc1)c1ccccc1-c1ccccc1. The van der Waals surface area contributed by atoms with Crippen molar-refractivity contribution in [2.45, 2.75) is 6.92 Å². The molecule has 0 atom stereocenters. The monoisotopic (exact) mass is 641 g/mol. The zero-order valence-electron chi connectivity index (χ0n) is 28.3. The first kappa shape index (κ1) is 32.1. The topological polar surface area (TPSA) is 26.0 Å². The number of anilines is 1. The van der Waals surface area contributed by atoms with Crippen molar-refractivity contribution in [3.8, 4) is 44.5 Å². The Morgan fingerprint density at radius 1 is 0.420 bits per heavy atom. The third-order valence-corrected chi connectivity index (χ3v) is 9.19. The zero-order chi connectivity index (χ0) is 34.3. The van der Waals surface area contributed by atoms with Crippen LogP contribution in [0.5, 0.6) is 0 Å². The number of hydrogen-bond acceptors (Lipinski definition) is 1. The quantitative estimate of drug-likeness (QED) is 0.123. The predicted molar refractivity (Wildman–Crippen MR) is 216 cm³/mol. The molecule has 2 N–H and O–H groups in total. The fourth-order valence-electron chi connectivity index (χ4n) is 6.36. The van der Waals surface area contributed by atoms with Gasteiger partial charge in [0.1, 0.15) is 0 Å². The van der Waals surface area contributed by atoms with Crippen LogP contribution in [-0.2, 0) is 0 Å². The van der Waals surface area contributed by atoms with Crippen molar-refractivity contribution < 1.29 is 0 Å². The predicted octanol–water partition coefficient (Wildman–Crippen LogP) is 13.1. The van der Waals surface area contributed by atoms with E-state index < -0.39 is 0 Å². The largest absolute Gasteiger partial charge is 0.399 e. The number of hydrogen-bond donors (Lipinski definition) is 1. The smallest absolute Gasteiger partial charge is 0.0314 e. The molecule has 7 aromatic rings. The van der Waals surface area contributed by atoms with Gasteiger partial charge in [0.25, 0.3) is 0 Å². The molecular weight excluding hydrogens is 603 g/mol. The maximum Gasteiger partial charge on any atom is 0.0314 e. The van der Waals surface area contributed by atoms with Crippen LogP contribution in [0.25, 0.3) is 61.2 Å². The van der Waals surface area contributed by atoms with Crippen LogP contribution in [0.2, 0.25) is 0 Å². The molecule has 7 aromatic carbocycles. The molecule has 7 rings (SSSR count). The molecule has 1 heteroatoms. The zero-order valence-corrected chi connectivity index (χ0v) is 28.3. The lowest BCUT2D eigenvalue weighted by molar-refractivity contribution is 1.53. The summed E-state index contributed by atoms with van der Waals surface area (Å²) < 4.78 is 0. The van der Waals surface area contributed by atoms with E-state index in [1.165, 1.54) is 50.1 Å². The van der Waals surface area contributed by atoms with E-state index in [2.05, 4.69) is 196 Å². The van der Waals surface area contributed by atoms with E-state index in [4.69, 9.17) is 5.73 Å². The fraction of sp³-hybridized carbons (Fsp3) is 0.0204. The molecular formula is C49H39N. The lowest BCUT2D eigenvalue weighted by atomic mass is 9.92. The van der Waals surface area contributed by atoms with Crippen LogP contribution in [0.4, 0.5) is 5.69 Å². The van der Waals surface area contributed by atoms with Gasteiger partial charge in [0, 0.05) is 5.69 Å². The van der Waals surface area contributed by atoms with E-state index in [0.717, 1.165) is 33.5 Å². The van der Waals surface area contributed by atoms with Gasteiger partial charge >= 0.3 is 0 Å². The number of nitrogens with two attached hydrogens (primary N) is 1. The summed E-state index contributed by atoms with van der Waals surface area (Å²) in [5, 5.41) is 0. The average Bonchev–Trinajstić information content (AvgIpc) is 3.19. The molecule has 1 nitrogen and oxygen atoms in total. The molecule has 0 bridgehead atoms. The Labute approximate surface area is 296 Å². The molecule has 0 aliphatic carbocycles. The van der Waals surface area contributed by atoms with Crippen LogP contribution in [0, 0.1) is 0 Å². The summed E-state index contributed by atoms with van der Waals surface area (Å²) in [7, 11) is 0. The van der Waals surface area contributed by atoms with Crippen LogP contribution in [-0.4, -0.2) is 0 Å². The van der Waals surface area contributed by atoms with Crippen molar-refractivity contribution in [3.05, 3.63) is 217 Å². The average molecular weight is 642 g/mol. The molecule has 0 fully saturated rings. The van der Waals surface area contributed by atoms with Crippen molar-refractivity contribution in [2.24, 2.45) is 0 Å². The van der Waals surface area contributed by atoms with Gasteiger partial charge < -0.3 is 5.73 Å². The Morgan fingerprint density at radius 3 is 1.36 bits per heavy atom. The van der Waals surface area contributed by atoms with Crippen LogP contribution in [0.3, 0.4) is 0 Å². The van der Waals surface area contributed by atoms with Gasteiger partial charge in [0.05, 0.1) is 0 Å². The first-order chi connectivity index (χ1) is 24.5. The molecule has 0 saturated heterocycles. The van der Waals surface area contributed by atoms with Gasteiger partial charge in [-0.05, 0) is 103 Å². The van der Waals surface area contributed by atoms with E-state index in [1.54, 1.807) is 0 Å². The standard InChI is InChI=1S/C49H39N/c1-35(33-46(38-11-5-3-6-12-38)34-36(2)48-15-9-10-16-49(48)45-13-7-4-8-14-45)37-17-19-39(20-18-37)40-21-23-41(24-22-40)42-25-27-43(28-26-42)44-29-31-47(50)32-30-44/h3-34H,2,50H2,1H3/b35-33+,46-34+. The van der Waals surface area contributed by atoms with Gasteiger partial charge in [0.2, 0.25) is 0 Å². The second-order valence-electron chi connectivity index (χ2n) is 12.6. The Bertz CT molecular complexity index is 2270. The van der Waals surface area contributed by atoms with Crippen molar-refractivity contribution in [1.82, 2.24) is 0 Å². The van der Waals surface area contributed by atoms with E-state index in [-0.39, 0.29) is 0 Å². The third kappa shape index (κ3) is 7.33. The molecule has 0 heterocycles. The Morgan fingerprint density at radius 2 is 0.840 bits per heavy atom. The number of allylic oxidation sites excluding steroid dienone is 5. The van der Waals surface area contributed by atoms with Crippen molar-refractivity contribution in [1.29, 1.82) is 0 Å². The minimum absolute atomic E-state index is 0.778. The van der Waals surface area contributed by atoms with Crippen molar-refractivity contribution >= 4 is 22.4 Å².